The van der Waals surface area contributed by atoms with E-state index in [0.29, 0.717) is 18.9 Å². The molecule has 25 heavy (non-hydrogen) atoms. The molecule has 8 heteroatoms. The Morgan fingerprint density at radius 2 is 1.72 bits per heavy atom. The molecule has 0 amide bonds. The van der Waals surface area contributed by atoms with E-state index < -0.39 is 9.84 Å². The van der Waals surface area contributed by atoms with Gasteiger partial charge in [-0.3, -0.25) is 0 Å². The Kier molecular flexibility index (Phi) is 5.52. The molecule has 0 unspecified atom stereocenters. The van der Waals surface area contributed by atoms with E-state index in [1.54, 1.807) is 18.5 Å². The minimum Gasteiger partial charge on any atom is -0.307 e. The number of aromatic nitrogens is 3. The molecule has 2 aromatic heterocycles. The summed E-state index contributed by atoms with van der Waals surface area (Å²) in [5.74, 6) is 0.712. The van der Waals surface area contributed by atoms with Crippen LogP contribution in [0.2, 0.25) is 0 Å². The van der Waals surface area contributed by atoms with Crippen molar-refractivity contribution < 1.29 is 8.42 Å². The minimum atomic E-state index is -3.00. The Balaban J connectivity index is 1.52. The van der Waals surface area contributed by atoms with Crippen molar-refractivity contribution in [2.75, 3.05) is 6.26 Å². The maximum Gasteiger partial charge on any atom is 0.188 e. The molecule has 1 N–H and O–H groups in total. The molecule has 0 saturated heterocycles. The highest BCUT2D eigenvalue weighted by Gasteiger charge is 2.07. The van der Waals surface area contributed by atoms with E-state index in [9.17, 15) is 8.42 Å². The number of nitrogens with one attached hydrogen (secondary N) is 1. The predicted octanol–water partition coefficient (Wildman–Crippen LogP) is 2.43. The van der Waals surface area contributed by atoms with Gasteiger partial charge in [-0.05, 0) is 17.2 Å². The first-order valence-corrected chi connectivity index (χ1v) is 10.6. The monoisotopic (exact) mass is 374 g/mol. The summed E-state index contributed by atoms with van der Waals surface area (Å²) >= 11 is 1.52. The maximum absolute atomic E-state index is 11.3. The number of hydrogen-bond acceptors (Lipinski definition) is 7. The molecule has 0 bridgehead atoms. The molecule has 0 aliphatic heterocycles. The smallest absolute Gasteiger partial charge is 0.188 e. The second-order valence-corrected chi connectivity index (χ2v) is 8.70. The first-order valence-electron chi connectivity index (χ1n) is 7.68. The van der Waals surface area contributed by atoms with Gasteiger partial charge in [-0.1, -0.05) is 24.3 Å². The van der Waals surface area contributed by atoms with Crippen LogP contribution in [0.15, 0.2) is 48.1 Å². The third-order valence-corrected chi connectivity index (χ3v) is 5.14. The van der Waals surface area contributed by atoms with Crippen LogP contribution < -0.4 is 5.32 Å². The Hall–Kier alpha value is -2.16. The lowest BCUT2D eigenvalue weighted by Gasteiger charge is -2.05. The summed E-state index contributed by atoms with van der Waals surface area (Å²) in [4.78, 5) is 12.9. The highest BCUT2D eigenvalue weighted by atomic mass is 32.2. The Labute approximate surface area is 150 Å². The van der Waals surface area contributed by atoms with E-state index in [-0.39, 0.29) is 5.75 Å². The average Bonchev–Trinajstić information content (AvgIpc) is 3.05. The zero-order valence-electron chi connectivity index (χ0n) is 13.7. The number of nitrogens with zero attached hydrogens (tertiary/aromatic N) is 3. The SMILES string of the molecule is CS(=O)(=O)Cc1ccc(CNCc2csc(-c3ncccn3)n2)cc1. The molecule has 0 atom stereocenters. The molecule has 0 aliphatic carbocycles. The average molecular weight is 374 g/mol. The molecule has 0 spiro atoms. The standard InChI is InChI=1S/C17H18N4O2S2/c1-25(22,23)12-14-5-3-13(4-6-14)9-18-10-15-11-24-17(21-15)16-19-7-2-8-20-16/h2-8,11,18H,9-10,12H2,1H3. The maximum atomic E-state index is 11.3. The number of hydrogen-bond donors (Lipinski definition) is 1. The fourth-order valence-electron chi connectivity index (χ4n) is 2.29. The van der Waals surface area contributed by atoms with Gasteiger partial charge in [-0.2, -0.15) is 0 Å². The van der Waals surface area contributed by atoms with E-state index >= 15 is 0 Å². The van der Waals surface area contributed by atoms with E-state index in [4.69, 9.17) is 0 Å². The first kappa shape index (κ1) is 17.7. The van der Waals surface area contributed by atoms with Crippen molar-refractivity contribution in [2.45, 2.75) is 18.8 Å². The van der Waals surface area contributed by atoms with Crippen LogP contribution in [-0.4, -0.2) is 29.6 Å². The van der Waals surface area contributed by atoms with Gasteiger partial charge >= 0.3 is 0 Å². The minimum absolute atomic E-state index is 0.0733. The molecule has 130 valence electrons. The van der Waals surface area contributed by atoms with Crippen molar-refractivity contribution in [3.63, 3.8) is 0 Å². The molecule has 0 fully saturated rings. The molecule has 6 nitrogen and oxygen atoms in total. The quantitative estimate of drug-likeness (QED) is 0.684. The highest BCUT2D eigenvalue weighted by molar-refractivity contribution is 7.89. The summed E-state index contributed by atoms with van der Waals surface area (Å²) in [6.45, 7) is 1.34. The fourth-order valence-corrected chi connectivity index (χ4v) is 3.85. The zero-order chi connectivity index (χ0) is 17.7. The van der Waals surface area contributed by atoms with Crippen LogP contribution in [-0.2, 0) is 28.7 Å². The van der Waals surface area contributed by atoms with E-state index in [2.05, 4.69) is 20.3 Å². The van der Waals surface area contributed by atoms with Crippen LogP contribution >= 0.6 is 11.3 Å². The molecule has 0 radical (unpaired) electrons. The van der Waals surface area contributed by atoms with Gasteiger partial charge in [0.1, 0.15) is 0 Å². The van der Waals surface area contributed by atoms with E-state index in [1.165, 1.54) is 17.6 Å². The molecule has 3 rings (SSSR count). The molecule has 3 aromatic rings. The van der Waals surface area contributed by atoms with Gasteiger partial charge in [0, 0.05) is 37.1 Å². The molecule has 0 saturated carbocycles. The summed E-state index contributed by atoms with van der Waals surface area (Å²) in [6.07, 6.45) is 4.65. The fraction of sp³-hybridized carbons (Fsp3) is 0.235. The number of thiazole rings is 1. The summed E-state index contributed by atoms with van der Waals surface area (Å²) in [5.41, 5.74) is 2.85. The third kappa shape index (κ3) is 5.42. The van der Waals surface area contributed by atoms with Crippen molar-refractivity contribution in [3.8, 4) is 10.8 Å². The second-order valence-electron chi connectivity index (χ2n) is 5.71. The second kappa shape index (κ2) is 7.81. The van der Waals surface area contributed by atoms with Crippen molar-refractivity contribution in [1.82, 2.24) is 20.3 Å². The van der Waals surface area contributed by atoms with Crippen LogP contribution in [0.4, 0.5) is 0 Å². The number of benzene rings is 1. The van der Waals surface area contributed by atoms with Crippen LogP contribution in [0.1, 0.15) is 16.8 Å². The Morgan fingerprint density at radius 3 is 2.40 bits per heavy atom. The lowest BCUT2D eigenvalue weighted by molar-refractivity contribution is 0.601. The third-order valence-electron chi connectivity index (χ3n) is 3.40. The molecular weight excluding hydrogens is 356 g/mol. The van der Waals surface area contributed by atoms with E-state index in [1.807, 2.05) is 29.6 Å². The van der Waals surface area contributed by atoms with Crippen molar-refractivity contribution in [1.29, 1.82) is 0 Å². The zero-order valence-corrected chi connectivity index (χ0v) is 15.3. The predicted molar refractivity (Wildman–Crippen MR) is 98.7 cm³/mol. The van der Waals surface area contributed by atoms with Gasteiger partial charge in [-0.25, -0.2) is 23.4 Å². The highest BCUT2D eigenvalue weighted by Crippen LogP contribution is 2.19. The van der Waals surface area contributed by atoms with Gasteiger partial charge in [0.05, 0.1) is 11.4 Å². The van der Waals surface area contributed by atoms with Crippen LogP contribution in [0.5, 0.6) is 0 Å². The van der Waals surface area contributed by atoms with Crippen molar-refractivity contribution >= 4 is 21.2 Å². The summed E-state index contributed by atoms with van der Waals surface area (Å²) in [5, 5.41) is 6.14. The van der Waals surface area contributed by atoms with Crippen LogP contribution in [0, 0.1) is 0 Å². The lowest BCUT2D eigenvalue weighted by atomic mass is 10.1. The summed E-state index contributed by atoms with van der Waals surface area (Å²) in [6, 6.07) is 9.37. The molecule has 2 heterocycles. The van der Waals surface area contributed by atoms with Gasteiger partial charge in [0.15, 0.2) is 20.7 Å². The molecule has 0 aliphatic rings. The number of rotatable bonds is 7. The number of sulfone groups is 1. The van der Waals surface area contributed by atoms with Gasteiger partial charge in [-0.15, -0.1) is 11.3 Å². The summed E-state index contributed by atoms with van der Waals surface area (Å²) < 4.78 is 22.6. The topological polar surface area (TPSA) is 84.8 Å². The Morgan fingerprint density at radius 1 is 1.04 bits per heavy atom. The molecule has 1 aromatic carbocycles. The molecular formula is C17H18N4O2S2. The largest absolute Gasteiger partial charge is 0.307 e. The summed E-state index contributed by atoms with van der Waals surface area (Å²) in [7, 11) is -3.00. The van der Waals surface area contributed by atoms with E-state index in [0.717, 1.165) is 21.8 Å². The van der Waals surface area contributed by atoms with Gasteiger partial charge in [0.2, 0.25) is 0 Å². The van der Waals surface area contributed by atoms with Gasteiger partial charge in [0.25, 0.3) is 0 Å². The van der Waals surface area contributed by atoms with Crippen molar-refractivity contribution in [2.24, 2.45) is 0 Å². The normalized spacial score (nSPS) is 11.6. The first-order chi connectivity index (χ1) is 12.0. The Bertz CT molecular complexity index is 923. The lowest BCUT2D eigenvalue weighted by Crippen LogP contribution is -2.13. The van der Waals surface area contributed by atoms with Crippen molar-refractivity contribution in [3.05, 3.63) is 64.9 Å². The van der Waals surface area contributed by atoms with Crippen LogP contribution in [0.3, 0.4) is 0 Å². The van der Waals surface area contributed by atoms with Crippen LogP contribution in [0.25, 0.3) is 10.8 Å². The van der Waals surface area contributed by atoms with Gasteiger partial charge < -0.3 is 5.32 Å².